The van der Waals surface area contributed by atoms with Crippen molar-refractivity contribution in [3.8, 4) is 0 Å². The number of nitrogens with one attached hydrogen (secondary N) is 1. The summed E-state index contributed by atoms with van der Waals surface area (Å²) < 4.78 is 5.44. The molecule has 1 aliphatic heterocycles. The molecular formula is C21H29Cl2N3OS. The van der Waals surface area contributed by atoms with E-state index in [1.54, 1.807) is 12.1 Å². The number of ether oxygens (including phenoxy) is 1. The van der Waals surface area contributed by atoms with Gasteiger partial charge in [-0.3, -0.25) is 4.90 Å². The van der Waals surface area contributed by atoms with Crippen molar-refractivity contribution in [2.24, 2.45) is 5.92 Å². The van der Waals surface area contributed by atoms with Gasteiger partial charge in [0, 0.05) is 37.7 Å². The molecule has 2 aliphatic rings. The summed E-state index contributed by atoms with van der Waals surface area (Å²) in [6.45, 7) is 6.70. The van der Waals surface area contributed by atoms with Gasteiger partial charge in [-0.25, -0.2) is 0 Å². The number of allylic oxidation sites excluding steroid dienone is 2. The van der Waals surface area contributed by atoms with Gasteiger partial charge in [-0.15, -0.1) is 0 Å². The van der Waals surface area contributed by atoms with Crippen molar-refractivity contribution in [2.45, 2.75) is 25.7 Å². The van der Waals surface area contributed by atoms with Gasteiger partial charge in [0.1, 0.15) is 0 Å². The van der Waals surface area contributed by atoms with Crippen LogP contribution in [0.1, 0.15) is 25.7 Å². The molecule has 1 N–H and O–H groups in total. The van der Waals surface area contributed by atoms with Crippen LogP contribution >= 0.6 is 35.4 Å². The second-order valence-corrected chi connectivity index (χ2v) is 8.69. The maximum absolute atomic E-state index is 6.32. The highest BCUT2D eigenvalue weighted by molar-refractivity contribution is 7.80. The fourth-order valence-electron chi connectivity index (χ4n) is 3.71. The third-order valence-electron chi connectivity index (χ3n) is 5.32. The van der Waals surface area contributed by atoms with Crippen molar-refractivity contribution in [3.05, 3.63) is 40.4 Å². The standard InChI is InChI=1S/C21H29Cl2N3OS/c22-18-7-8-19(23)20(15-18)24-21(28)26(16-17-5-2-1-3-6-17)10-4-9-25-11-13-27-14-12-25/h1-2,7-8,15,17H,3-6,9-14,16H2,(H,24,28). The Morgan fingerprint density at radius 2 is 2.07 bits per heavy atom. The Balaban J connectivity index is 1.59. The second-order valence-electron chi connectivity index (χ2n) is 7.46. The third-order valence-corrected chi connectivity index (χ3v) is 6.24. The molecule has 1 fully saturated rings. The van der Waals surface area contributed by atoms with Crippen molar-refractivity contribution in [1.82, 2.24) is 9.80 Å². The van der Waals surface area contributed by atoms with Gasteiger partial charge in [0.25, 0.3) is 0 Å². The fourth-order valence-corrected chi connectivity index (χ4v) is 4.32. The molecule has 1 aromatic rings. The highest BCUT2D eigenvalue weighted by atomic mass is 35.5. The van der Waals surface area contributed by atoms with E-state index >= 15 is 0 Å². The number of anilines is 1. The first-order valence-electron chi connectivity index (χ1n) is 10.1. The number of hydrogen-bond donors (Lipinski definition) is 1. The number of nitrogens with zero attached hydrogens (tertiary/aromatic N) is 2. The van der Waals surface area contributed by atoms with Crippen LogP contribution < -0.4 is 5.32 Å². The van der Waals surface area contributed by atoms with E-state index in [1.807, 2.05) is 6.07 Å². The van der Waals surface area contributed by atoms with E-state index in [0.29, 0.717) is 16.0 Å². The average molecular weight is 442 g/mol. The Bertz CT molecular complexity index is 680. The lowest BCUT2D eigenvalue weighted by Gasteiger charge is -2.32. The van der Waals surface area contributed by atoms with Gasteiger partial charge in [0.05, 0.1) is 23.9 Å². The van der Waals surface area contributed by atoms with Crippen LogP contribution in [0, 0.1) is 5.92 Å². The molecule has 0 radical (unpaired) electrons. The molecule has 154 valence electrons. The first-order chi connectivity index (χ1) is 13.6. The van der Waals surface area contributed by atoms with Gasteiger partial charge in [0.15, 0.2) is 5.11 Å². The molecule has 1 atom stereocenters. The monoisotopic (exact) mass is 441 g/mol. The van der Waals surface area contributed by atoms with Crippen molar-refractivity contribution in [3.63, 3.8) is 0 Å². The molecule has 1 aliphatic carbocycles. The average Bonchev–Trinajstić information content (AvgIpc) is 2.71. The Morgan fingerprint density at radius 3 is 2.82 bits per heavy atom. The molecule has 4 nitrogen and oxygen atoms in total. The van der Waals surface area contributed by atoms with E-state index in [-0.39, 0.29) is 0 Å². The summed E-state index contributed by atoms with van der Waals surface area (Å²) in [6, 6.07) is 5.40. The Labute approximate surface area is 183 Å². The first-order valence-corrected chi connectivity index (χ1v) is 11.2. The highest BCUT2D eigenvalue weighted by Gasteiger charge is 2.19. The fraction of sp³-hybridized carbons (Fsp3) is 0.571. The van der Waals surface area contributed by atoms with E-state index in [9.17, 15) is 0 Å². The number of benzene rings is 1. The predicted molar refractivity (Wildman–Crippen MR) is 123 cm³/mol. The molecule has 0 aromatic heterocycles. The Morgan fingerprint density at radius 1 is 1.25 bits per heavy atom. The summed E-state index contributed by atoms with van der Waals surface area (Å²) in [5.74, 6) is 0.642. The summed E-state index contributed by atoms with van der Waals surface area (Å²) >= 11 is 18.2. The molecule has 0 bridgehead atoms. The minimum Gasteiger partial charge on any atom is -0.379 e. The van der Waals surface area contributed by atoms with Gasteiger partial charge in [-0.2, -0.15) is 0 Å². The van der Waals surface area contributed by atoms with Crippen LogP contribution in [0.4, 0.5) is 5.69 Å². The van der Waals surface area contributed by atoms with Gasteiger partial charge < -0.3 is 15.0 Å². The van der Waals surface area contributed by atoms with Crippen LogP contribution in [-0.2, 0) is 4.74 Å². The second kappa shape index (κ2) is 11.4. The number of halogens is 2. The highest BCUT2D eigenvalue weighted by Crippen LogP contribution is 2.26. The number of thiocarbonyl (C=S) groups is 1. The van der Waals surface area contributed by atoms with E-state index in [0.717, 1.165) is 76.0 Å². The number of hydrogen-bond acceptors (Lipinski definition) is 3. The summed E-state index contributed by atoms with van der Waals surface area (Å²) in [6.07, 6.45) is 9.16. The number of morpholine rings is 1. The summed E-state index contributed by atoms with van der Waals surface area (Å²) in [4.78, 5) is 4.77. The summed E-state index contributed by atoms with van der Waals surface area (Å²) in [7, 11) is 0. The van der Waals surface area contributed by atoms with E-state index < -0.39 is 0 Å². The molecule has 0 amide bonds. The molecule has 1 saturated heterocycles. The smallest absolute Gasteiger partial charge is 0.173 e. The Hall–Kier alpha value is -0.850. The van der Waals surface area contributed by atoms with E-state index in [2.05, 4.69) is 27.3 Å². The zero-order valence-electron chi connectivity index (χ0n) is 16.2. The SMILES string of the molecule is S=C(Nc1cc(Cl)ccc1Cl)N(CCCN1CCOCC1)CC1CC=CCC1. The van der Waals surface area contributed by atoms with Crippen LogP contribution in [0.3, 0.4) is 0 Å². The van der Waals surface area contributed by atoms with Gasteiger partial charge in [-0.1, -0.05) is 35.4 Å². The van der Waals surface area contributed by atoms with Gasteiger partial charge in [0.2, 0.25) is 0 Å². The van der Waals surface area contributed by atoms with Crippen molar-refractivity contribution >= 4 is 46.2 Å². The molecule has 1 aromatic carbocycles. The van der Waals surface area contributed by atoms with Crippen LogP contribution in [0.5, 0.6) is 0 Å². The van der Waals surface area contributed by atoms with Crippen molar-refractivity contribution < 1.29 is 4.74 Å². The van der Waals surface area contributed by atoms with Crippen LogP contribution in [0.15, 0.2) is 30.4 Å². The maximum Gasteiger partial charge on any atom is 0.173 e. The largest absolute Gasteiger partial charge is 0.379 e. The molecule has 0 spiro atoms. The van der Waals surface area contributed by atoms with Crippen molar-refractivity contribution in [1.29, 1.82) is 0 Å². The zero-order chi connectivity index (χ0) is 19.8. The van der Waals surface area contributed by atoms with Gasteiger partial charge >= 0.3 is 0 Å². The minimum atomic E-state index is 0.626. The third kappa shape index (κ3) is 6.89. The Kier molecular flexibility index (Phi) is 8.87. The molecule has 3 rings (SSSR count). The molecular weight excluding hydrogens is 413 g/mol. The lowest BCUT2D eigenvalue weighted by atomic mass is 9.94. The van der Waals surface area contributed by atoms with Gasteiger partial charge in [-0.05, 0) is 62.0 Å². The zero-order valence-corrected chi connectivity index (χ0v) is 18.5. The first kappa shape index (κ1) is 21.8. The van der Waals surface area contributed by atoms with E-state index in [1.165, 1.54) is 6.42 Å². The predicted octanol–water partition coefficient (Wildman–Crippen LogP) is 5.07. The molecule has 28 heavy (non-hydrogen) atoms. The van der Waals surface area contributed by atoms with Crippen LogP contribution in [-0.4, -0.2) is 60.8 Å². The summed E-state index contributed by atoms with van der Waals surface area (Å²) in [5.41, 5.74) is 0.765. The lowest BCUT2D eigenvalue weighted by Crippen LogP contribution is -2.42. The normalized spacial score (nSPS) is 20.1. The summed E-state index contributed by atoms with van der Waals surface area (Å²) in [5, 5.41) is 5.31. The quantitative estimate of drug-likeness (QED) is 0.470. The van der Waals surface area contributed by atoms with Crippen LogP contribution in [0.2, 0.25) is 10.0 Å². The molecule has 7 heteroatoms. The van der Waals surface area contributed by atoms with E-state index in [4.69, 9.17) is 40.2 Å². The molecule has 0 saturated carbocycles. The number of rotatable bonds is 7. The lowest BCUT2D eigenvalue weighted by molar-refractivity contribution is 0.0367. The van der Waals surface area contributed by atoms with Crippen molar-refractivity contribution in [2.75, 3.05) is 51.3 Å². The molecule has 1 unspecified atom stereocenters. The topological polar surface area (TPSA) is 27.7 Å². The minimum absolute atomic E-state index is 0.626. The maximum atomic E-state index is 6.32. The van der Waals surface area contributed by atoms with Crippen LogP contribution in [0.25, 0.3) is 0 Å². The molecule has 1 heterocycles.